The third-order valence-electron chi connectivity index (χ3n) is 6.18. The summed E-state index contributed by atoms with van der Waals surface area (Å²) in [5, 5.41) is 11.7. The number of rotatable bonds is 8. The van der Waals surface area contributed by atoms with E-state index in [1.807, 2.05) is 32.0 Å². The van der Waals surface area contributed by atoms with Crippen LogP contribution >= 0.6 is 11.3 Å². The number of Topliss-reactive ketones (excluding diaryl/α,β-unsaturated/α-hetero) is 1. The number of hydrogen-bond acceptors (Lipinski definition) is 8. The van der Waals surface area contributed by atoms with E-state index in [2.05, 4.69) is 4.98 Å². The molecule has 0 bridgehead atoms. The van der Waals surface area contributed by atoms with Crippen LogP contribution in [0.15, 0.2) is 72.3 Å². The fourth-order valence-electron chi connectivity index (χ4n) is 4.41. The van der Waals surface area contributed by atoms with Crippen LogP contribution < -0.4 is 19.1 Å². The van der Waals surface area contributed by atoms with Crippen molar-refractivity contribution in [1.82, 2.24) is 4.98 Å². The normalized spacial score (nSPS) is 16.7. The van der Waals surface area contributed by atoms with E-state index >= 15 is 0 Å². The lowest BCUT2D eigenvalue weighted by molar-refractivity contribution is -0.132. The van der Waals surface area contributed by atoms with Crippen molar-refractivity contribution in [1.29, 1.82) is 0 Å². The maximum absolute atomic E-state index is 13.5. The molecular weight excluding hydrogens is 504 g/mol. The number of carbonyl (C=O) groups excluding carboxylic acids is 2. The van der Waals surface area contributed by atoms with Crippen molar-refractivity contribution < 1.29 is 28.9 Å². The molecule has 1 aliphatic rings. The van der Waals surface area contributed by atoms with Crippen molar-refractivity contribution in [3.8, 4) is 17.2 Å². The van der Waals surface area contributed by atoms with Gasteiger partial charge in [-0.1, -0.05) is 23.5 Å². The third kappa shape index (κ3) is 4.56. The molecule has 4 aromatic rings. The van der Waals surface area contributed by atoms with Gasteiger partial charge in [-0.15, -0.1) is 0 Å². The second kappa shape index (κ2) is 10.5. The quantitative estimate of drug-likeness (QED) is 0.177. The average molecular weight is 531 g/mol. The zero-order valence-electron chi connectivity index (χ0n) is 21.1. The Labute approximate surface area is 223 Å². The van der Waals surface area contributed by atoms with Gasteiger partial charge in [0.15, 0.2) is 5.13 Å². The highest BCUT2D eigenvalue weighted by atomic mass is 32.1. The Balaban J connectivity index is 1.66. The Morgan fingerprint density at radius 2 is 1.55 bits per heavy atom. The van der Waals surface area contributed by atoms with Gasteiger partial charge in [0.1, 0.15) is 23.0 Å². The SMILES string of the molecule is CCOc1ccc(C2C(=C(O)c3ccc(OC)cc3)C(=O)C(=O)N2c2nc3ccc(OCC)cc3s2)cc1. The largest absolute Gasteiger partial charge is 0.507 e. The zero-order valence-corrected chi connectivity index (χ0v) is 22.0. The lowest BCUT2D eigenvalue weighted by atomic mass is 9.95. The maximum Gasteiger partial charge on any atom is 0.301 e. The predicted molar refractivity (Wildman–Crippen MR) is 146 cm³/mol. The van der Waals surface area contributed by atoms with E-state index in [9.17, 15) is 14.7 Å². The fourth-order valence-corrected chi connectivity index (χ4v) is 5.44. The van der Waals surface area contributed by atoms with Crippen molar-refractivity contribution in [3.05, 3.63) is 83.4 Å². The molecule has 1 aliphatic heterocycles. The summed E-state index contributed by atoms with van der Waals surface area (Å²) in [6.45, 7) is 4.82. The van der Waals surface area contributed by atoms with E-state index in [4.69, 9.17) is 14.2 Å². The van der Waals surface area contributed by atoms with Crippen LogP contribution in [0.25, 0.3) is 16.0 Å². The van der Waals surface area contributed by atoms with Gasteiger partial charge >= 0.3 is 5.91 Å². The van der Waals surface area contributed by atoms with Gasteiger partial charge in [0.2, 0.25) is 0 Å². The number of anilines is 1. The number of aliphatic hydroxyl groups is 1. The average Bonchev–Trinajstić information content (AvgIpc) is 3.47. The molecule has 1 N–H and O–H groups in total. The Hall–Kier alpha value is -4.37. The summed E-state index contributed by atoms with van der Waals surface area (Å²) in [7, 11) is 1.54. The number of methoxy groups -OCH3 is 1. The number of benzene rings is 3. The molecule has 5 rings (SSSR count). The molecule has 1 unspecified atom stereocenters. The molecule has 1 aromatic heterocycles. The minimum absolute atomic E-state index is 0.0152. The van der Waals surface area contributed by atoms with Gasteiger partial charge in [-0.25, -0.2) is 4.98 Å². The predicted octanol–water partition coefficient (Wildman–Crippen LogP) is 5.73. The highest BCUT2D eigenvalue weighted by Crippen LogP contribution is 2.45. The van der Waals surface area contributed by atoms with Gasteiger partial charge in [-0.3, -0.25) is 14.5 Å². The summed E-state index contributed by atoms with van der Waals surface area (Å²) in [5.41, 5.74) is 1.69. The first-order valence-electron chi connectivity index (χ1n) is 12.2. The van der Waals surface area contributed by atoms with E-state index < -0.39 is 17.7 Å². The van der Waals surface area contributed by atoms with Gasteiger partial charge < -0.3 is 19.3 Å². The van der Waals surface area contributed by atoms with Gasteiger partial charge in [-0.2, -0.15) is 0 Å². The van der Waals surface area contributed by atoms with E-state index in [0.717, 1.165) is 4.70 Å². The molecule has 3 aromatic carbocycles. The van der Waals surface area contributed by atoms with Crippen LogP contribution in [0.3, 0.4) is 0 Å². The Bertz CT molecular complexity index is 1530. The summed E-state index contributed by atoms with van der Waals surface area (Å²) in [5.74, 6) is 0.138. The molecule has 0 radical (unpaired) electrons. The summed E-state index contributed by atoms with van der Waals surface area (Å²) in [6.07, 6.45) is 0. The lowest BCUT2D eigenvalue weighted by Crippen LogP contribution is -2.29. The van der Waals surface area contributed by atoms with Gasteiger partial charge in [-0.05, 0) is 74.0 Å². The van der Waals surface area contributed by atoms with Crippen molar-refractivity contribution in [2.24, 2.45) is 0 Å². The van der Waals surface area contributed by atoms with E-state index in [0.29, 0.717) is 52.2 Å². The molecule has 194 valence electrons. The fraction of sp³-hybridized carbons (Fsp3) is 0.207. The standard InChI is InChI=1S/C29H26N2O6S/c1-4-36-20-12-6-17(7-13-20)25-24(26(32)18-8-10-19(35-3)11-9-18)27(33)28(34)31(25)29-30-22-15-14-21(37-5-2)16-23(22)38-29/h6-16,25,32H,4-5H2,1-3H3. The number of ketones is 1. The number of carbonyl (C=O) groups is 2. The number of hydrogen-bond donors (Lipinski definition) is 1. The molecule has 8 nitrogen and oxygen atoms in total. The second-order valence-electron chi connectivity index (χ2n) is 8.46. The summed E-state index contributed by atoms with van der Waals surface area (Å²) >= 11 is 1.28. The molecule has 0 saturated carbocycles. The molecule has 1 amide bonds. The van der Waals surface area contributed by atoms with Crippen LogP contribution in [-0.4, -0.2) is 42.1 Å². The Morgan fingerprint density at radius 3 is 2.21 bits per heavy atom. The first kappa shape index (κ1) is 25.3. The number of aliphatic hydroxyl groups excluding tert-OH is 1. The van der Waals surface area contributed by atoms with Crippen molar-refractivity contribution in [2.45, 2.75) is 19.9 Å². The first-order chi connectivity index (χ1) is 18.4. The molecule has 2 heterocycles. The smallest absolute Gasteiger partial charge is 0.301 e. The summed E-state index contributed by atoms with van der Waals surface area (Å²) < 4.78 is 17.2. The maximum atomic E-state index is 13.5. The monoisotopic (exact) mass is 530 g/mol. The highest BCUT2D eigenvalue weighted by Gasteiger charge is 2.48. The number of amides is 1. The molecule has 9 heteroatoms. The number of thiazole rings is 1. The molecule has 1 atom stereocenters. The van der Waals surface area contributed by atoms with Crippen molar-refractivity contribution in [2.75, 3.05) is 25.2 Å². The highest BCUT2D eigenvalue weighted by molar-refractivity contribution is 7.22. The van der Waals surface area contributed by atoms with Crippen molar-refractivity contribution >= 4 is 44.1 Å². The zero-order chi connectivity index (χ0) is 26.8. The van der Waals surface area contributed by atoms with E-state index in [-0.39, 0.29) is 11.3 Å². The van der Waals surface area contributed by atoms with Crippen LogP contribution in [0.4, 0.5) is 5.13 Å². The van der Waals surface area contributed by atoms with Crippen LogP contribution in [0, 0.1) is 0 Å². The number of aromatic nitrogens is 1. The number of nitrogens with zero attached hydrogens (tertiary/aromatic N) is 2. The van der Waals surface area contributed by atoms with E-state index in [1.54, 1.807) is 55.6 Å². The second-order valence-corrected chi connectivity index (χ2v) is 9.47. The lowest BCUT2D eigenvalue weighted by Gasteiger charge is -2.23. The van der Waals surface area contributed by atoms with Crippen molar-refractivity contribution in [3.63, 3.8) is 0 Å². The number of fused-ring (bicyclic) bond motifs is 1. The van der Waals surface area contributed by atoms with Crippen LogP contribution in [0.2, 0.25) is 0 Å². The summed E-state index contributed by atoms with van der Waals surface area (Å²) in [6, 6.07) is 18.4. The van der Waals surface area contributed by atoms with Crippen LogP contribution in [0.1, 0.15) is 31.0 Å². The Morgan fingerprint density at radius 1 is 0.921 bits per heavy atom. The molecule has 38 heavy (non-hydrogen) atoms. The van der Waals surface area contributed by atoms with Gasteiger partial charge in [0.25, 0.3) is 5.78 Å². The molecule has 0 aliphatic carbocycles. The molecule has 0 spiro atoms. The third-order valence-corrected chi connectivity index (χ3v) is 7.20. The topological polar surface area (TPSA) is 98.2 Å². The van der Waals surface area contributed by atoms with Crippen LogP contribution in [-0.2, 0) is 9.59 Å². The van der Waals surface area contributed by atoms with Gasteiger partial charge in [0, 0.05) is 5.56 Å². The van der Waals surface area contributed by atoms with E-state index in [1.165, 1.54) is 16.2 Å². The molecule has 1 saturated heterocycles. The molecular formula is C29H26N2O6S. The number of ether oxygens (including phenoxy) is 3. The minimum atomic E-state index is -0.889. The minimum Gasteiger partial charge on any atom is -0.507 e. The van der Waals surface area contributed by atoms with Crippen LogP contribution in [0.5, 0.6) is 17.2 Å². The first-order valence-corrected chi connectivity index (χ1v) is 13.0. The molecule has 1 fully saturated rings. The van der Waals surface area contributed by atoms with Gasteiger partial charge in [0.05, 0.1) is 42.2 Å². The summed E-state index contributed by atoms with van der Waals surface area (Å²) in [4.78, 5) is 32.9. The Kier molecular flexibility index (Phi) is 7.02.